The minimum absolute atomic E-state index is 0.718. The lowest BCUT2D eigenvalue weighted by atomic mass is 9.96. The number of nitrogens with one attached hydrogen (secondary N) is 1. The third-order valence-corrected chi connectivity index (χ3v) is 4.90. The van der Waals surface area contributed by atoms with Gasteiger partial charge in [-0.05, 0) is 61.0 Å². The summed E-state index contributed by atoms with van der Waals surface area (Å²) in [6.07, 6.45) is 11.3. The molecule has 1 N–H and O–H groups in total. The number of hydrogen-bond donors (Lipinski definition) is 1. The first-order valence-electron chi connectivity index (χ1n) is 7.07. The van der Waals surface area contributed by atoms with Gasteiger partial charge in [0.2, 0.25) is 0 Å². The van der Waals surface area contributed by atoms with E-state index >= 15 is 0 Å². The highest BCUT2D eigenvalue weighted by molar-refractivity contribution is 7.07. The van der Waals surface area contributed by atoms with E-state index in [0.717, 1.165) is 12.0 Å². The normalized spacial score (nSPS) is 18.6. The van der Waals surface area contributed by atoms with E-state index < -0.39 is 0 Å². The molecule has 0 aliphatic heterocycles. The van der Waals surface area contributed by atoms with Crippen molar-refractivity contribution in [3.63, 3.8) is 0 Å². The summed E-state index contributed by atoms with van der Waals surface area (Å²) in [6, 6.07) is 2.98. The molecule has 0 aromatic carbocycles. The van der Waals surface area contributed by atoms with Gasteiger partial charge in [0.25, 0.3) is 0 Å². The van der Waals surface area contributed by atoms with Crippen LogP contribution in [0.1, 0.15) is 50.5 Å². The fourth-order valence-electron chi connectivity index (χ4n) is 2.94. The topological polar surface area (TPSA) is 12.0 Å². The van der Waals surface area contributed by atoms with Gasteiger partial charge in [0.15, 0.2) is 0 Å². The van der Waals surface area contributed by atoms with Gasteiger partial charge in [-0.15, -0.1) is 0 Å². The van der Waals surface area contributed by atoms with E-state index in [2.05, 4.69) is 29.2 Å². The molecule has 2 rings (SSSR count). The fourth-order valence-corrected chi connectivity index (χ4v) is 3.65. The van der Waals surface area contributed by atoms with Crippen molar-refractivity contribution in [2.24, 2.45) is 5.92 Å². The van der Waals surface area contributed by atoms with Gasteiger partial charge in [-0.3, -0.25) is 0 Å². The summed E-state index contributed by atoms with van der Waals surface area (Å²) in [5, 5.41) is 7.96. The maximum absolute atomic E-state index is 3.49. The largest absolute Gasteiger partial charge is 0.317 e. The van der Waals surface area contributed by atoms with Crippen molar-refractivity contribution >= 4 is 11.3 Å². The number of rotatable bonds is 7. The van der Waals surface area contributed by atoms with Gasteiger partial charge < -0.3 is 5.32 Å². The Hall–Kier alpha value is -0.340. The second-order valence-electron chi connectivity index (χ2n) is 5.38. The lowest BCUT2D eigenvalue weighted by molar-refractivity contribution is 0.406. The highest BCUT2D eigenvalue weighted by atomic mass is 32.1. The molecule has 0 saturated heterocycles. The number of thiophene rings is 1. The monoisotopic (exact) mass is 251 g/mol. The molecule has 2 heteroatoms. The van der Waals surface area contributed by atoms with Gasteiger partial charge in [0.05, 0.1) is 0 Å². The van der Waals surface area contributed by atoms with Crippen molar-refractivity contribution in [3.05, 3.63) is 22.4 Å². The maximum Gasteiger partial charge on any atom is 0.00673 e. The molecular formula is C15H25NS. The summed E-state index contributed by atoms with van der Waals surface area (Å²) in [4.78, 5) is 0. The van der Waals surface area contributed by atoms with Gasteiger partial charge in [-0.25, -0.2) is 0 Å². The van der Waals surface area contributed by atoms with Crippen molar-refractivity contribution in [1.82, 2.24) is 5.32 Å². The Balaban J connectivity index is 1.65. The van der Waals surface area contributed by atoms with Crippen LogP contribution >= 0.6 is 11.3 Å². The highest BCUT2D eigenvalue weighted by Gasteiger charge is 2.16. The quantitative estimate of drug-likeness (QED) is 0.764. The van der Waals surface area contributed by atoms with Crippen molar-refractivity contribution in [1.29, 1.82) is 0 Å². The minimum Gasteiger partial charge on any atom is -0.317 e. The lowest BCUT2D eigenvalue weighted by Crippen LogP contribution is -2.26. The molecule has 1 fully saturated rings. The summed E-state index contributed by atoms with van der Waals surface area (Å²) >= 11 is 1.81. The average molecular weight is 251 g/mol. The molecule has 1 saturated carbocycles. The molecule has 1 heterocycles. The molecule has 96 valence electrons. The summed E-state index contributed by atoms with van der Waals surface area (Å²) in [5.41, 5.74) is 1.51. The second-order valence-corrected chi connectivity index (χ2v) is 6.16. The van der Waals surface area contributed by atoms with Crippen LogP contribution in [0.3, 0.4) is 0 Å². The molecule has 1 aliphatic carbocycles. The minimum atomic E-state index is 0.718. The van der Waals surface area contributed by atoms with Crippen molar-refractivity contribution in [3.8, 4) is 0 Å². The molecule has 1 aromatic rings. The highest BCUT2D eigenvalue weighted by Crippen LogP contribution is 2.29. The second kappa shape index (κ2) is 7.17. The van der Waals surface area contributed by atoms with E-state index in [1.807, 2.05) is 11.3 Å². The van der Waals surface area contributed by atoms with Crippen LogP contribution in [0.4, 0.5) is 0 Å². The van der Waals surface area contributed by atoms with E-state index in [4.69, 9.17) is 0 Å². The fraction of sp³-hybridized carbons (Fsp3) is 0.733. The predicted molar refractivity (Wildman–Crippen MR) is 76.7 cm³/mol. The van der Waals surface area contributed by atoms with Crippen LogP contribution in [0, 0.1) is 5.92 Å². The van der Waals surface area contributed by atoms with Crippen molar-refractivity contribution in [2.45, 2.75) is 57.4 Å². The third kappa shape index (κ3) is 4.44. The molecular weight excluding hydrogens is 226 g/mol. The van der Waals surface area contributed by atoms with Crippen molar-refractivity contribution < 1.29 is 0 Å². The van der Waals surface area contributed by atoms with Gasteiger partial charge in [-0.1, -0.05) is 25.7 Å². The van der Waals surface area contributed by atoms with Gasteiger partial charge in [-0.2, -0.15) is 11.3 Å². The van der Waals surface area contributed by atoms with E-state index in [0.29, 0.717) is 0 Å². The predicted octanol–water partition coefficient (Wildman–Crippen LogP) is 4.24. The average Bonchev–Trinajstić information content (AvgIpc) is 3.02. The third-order valence-electron chi connectivity index (χ3n) is 4.17. The van der Waals surface area contributed by atoms with Crippen LogP contribution in [0.2, 0.25) is 0 Å². The zero-order valence-corrected chi connectivity index (χ0v) is 11.8. The van der Waals surface area contributed by atoms with Crippen LogP contribution in [0.15, 0.2) is 16.8 Å². The van der Waals surface area contributed by atoms with Gasteiger partial charge >= 0.3 is 0 Å². The lowest BCUT2D eigenvalue weighted by Gasteiger charge is -2.18. The molecule has 1 nitrogen and oxygen atoms in total. The number of aryl methyl sites for hydroxylation is 1. The summed E-state index contributed by atoms with van der Waals surface area (Å²) in [5.74, 6) is 1.03. The van der Waals surface area contributed by atoms with E-state index in [9.17, 15) is 0 Å². The van der Waals surface area contributed by atoms with Crippen LogP contribution in [-0.4, -0.2) is 13.1 Å². The van der Waals surface area contributed by atoms with Gasteiger partial charge in [0.1, 0.15) is 0 Å². The molecule has 0 bridgehead atoms. The molecule has 0 radical (unpaired) electrons. The first kappa shape index (κ1) is 13.1. The van der Waals surface area contributed by atoms with Crippen LogP contribution in [0.5, 0.6) is 0 Å². The molecule has 1 unspecified atom stereocenters. The van der Waals surface area contributed by atoms with Crippen LogP contribution < -0.4 is 5.32 Å². The van der Waals surface area contributed by atoms with E-state index in [1.54, 1.807) is 0 Å². The summed E-state index contributed by atoms with van der Waals surface area (Å²) < 4.78 is 0. The Morgan fingerprint density at radius 1 is 1.35 bits per heavy atom. The first-order valence-corrected chi connectivity index (χ1v) is 8.01. The SMILES string of the molecule is CNC(CCc1ccsc1)CCC1CCCC1. The molecule has 1 atom stereocenters. The standard InChI is InChI=1S/C15H25NS/c1-16-15(8-6-13-4-2-3-5-13)9-7-14-10-11-17-12-14/h10-13,15-16H,2-9H2,1H3. The van der Waals surface area contributed by atoms with E-state index in [1.165, 1.54) is 56.9 Å². The smallest absolute Gasteiger partial charge is 0.00673 e. The van der Waals surface area contributed by atoms with E-state index in [-0.39, 0.29) is 0 Å². The zero-order chi connectivity index (χ0) is 11.9. The Kier molecular flexibility index (Phi) is 5.53. The van der Waals surface area contributed by atoms with Crippen molar-refractivity contribution in [2.75, 3.05) is 7.05 Å². The summed E-state index contributed by atoms with van der Waals surface area (Å²) in [7, 11) is 2.12. The number of hydrogen-bond acceptors (Lipinski definition) is 2. The molecule has 0 spiro atoms. The van der Waals surface area contributed by atoms with Gasteiger partial charge in [0, 0.05) is 6.04 Å². The maximum atomic E-state index is 3.49. The molecule has 1 aromatic heterocycles. The molecule has 0 amide bonds. The Labute approximate surface area is 110 Å². The van der Waals surface area contributed by atoms with Crippen LogP contribution in [0.25, 0.3) is 0 Å². The Morgan fingerprint density at radius 3 is 2.82 bits per heavy atom. The van der Waals surface area contributed by atoms with Crippen LogP contribution in [-0.2, 0) is 6.42 Å². The Morgan fingerprint density at radius 2 is 2.18 bits per heavy atom. The summed E-state index contributed by atoms with van der Waals surface area (Å²) in [6.45, 7) is 0. The Bertz CT molecular complexity index is 288. The molecule has 17 heavy (non-hydrogen) atoms. The first-order chi connectivity index (χ1) is 8.38. The molecule has 1 aliphatic rings. The zero-order valence-electron chi connectivity index (χ0n) is 11.0.